The molecule has 0 radical (unpaired) electrons. The summed E-state index contributed by atoms with van der Waals surface area (Å²) in [5.74, 6) is 2.23. The van der Waals surface area contributed by atoms with Gasteiger partial charge in [-0.25, -0.2) is 0 Å². The highest BCUT2D eigenvalue weighted by Crippen LogP contribution is 2.02. The van der Waals surface area contributed by atoms with E-state index in [2.05, 4.69) is 45.7 Å². The lowest BCUT2D eigenvalue weighted by Crippen LogP contribution is -2.44. The largest absolute Gasteiger partial charge is 0.357 e. The lowest BCUT2D eigenvalue weighted by atomic mass is 10.2. The Balaban J connectivity index is 0.00000529. The molecule has 0 saturated carbocycles. The first-order valence-electron chi connectivity index (χ1n) is 9.18. The Morgan fingerprint density at radius 1 is 1.04 bits per heavy atom. The first kappa shape index (κ1) is 24.3. The molecule has 7 heteroatoms. The molecule has 0 amide bonds. The quantitative estimate of drug-likeness (QED) is 0.210. The maximum Gasteiger partial charge on any atom is 0.191 e. The molecular formula is C17H38IN5S. The molecule has 5 nitrogen and oxygen atoms in total. The van der Waals surface area contributed by atoms with Crippen molar-refractivity contribution in [2.75, 3.05) is 71.4 Å². The number of piperazine rings is 1. The number of likely N-dealkylation sites (N-methyl/N-ethyl adjacent to an activating group) is 1. The molecule has 1 rings (SSSR count). The molecule has 1 heterocycles. The molecule has 0 aliphatic carbocycles. The minimum absolute atomic E-state index is 0. The van der Waals surface area contributed by atoms with Crippen LogP contribution in [0.4, 0.5) is 0 Å². The van der Waals surface area contributed by atoms with Gasteiger partial charge >= 0.3 is 0 Å². The minimum atomic E-state index is 0. The van der Waals surface area contributed by atoms with Gasteiger partial charge in [0.05, 0.1) is 0 Å². The van der Waals surface area contributed by atoms with Gasteiger partial charge in [-0.15, -0.1) is 24.0 Å². The number of halogens is 1. The topological polar surface area (TPSA) is 42.9 Å². The first-order valence-corrected chi connectivity index (χ1v) is 10.6. The number of nitrogens with one attached hydrogen (secondary N) is 2. The van der Waals surface area contributed by atoms with E-state index in [0.29, 0.717) is 0 Å². The third-order valence-corrected chi connectivity index (χ3v) is 4.86. The van der Waals surface area contributed by atoms with Crippen LogP contribution in [-0.4, -0.2) is 87.2 Å². The maximum absolute atomic E-state index is 4.69. The summed E-state index contributed by atoms with van der Waals surface area (Å²) in [6.45, 7) is 11.1. The van der Waals surface area contributed by atoms with Crippen molar-refractivity contribution < 1.29 is 0 Å². The summed E-state index contributed by atoms with van der Waals surface area (Å²) >= 11 is 1.92. The number of hydrogen-bond acceptors (Lipinski definition) is 4. The first-order chi connectivity index (χ1) is 11.3. The van der Waals surface area contributed by atoms with E-state index in [9.17, 15) is 0 Å². The van der Waals surface area contributed by atoms with Crippen molar-refractivity contribution in [3.8, 4) is 0 Å². The van der Waals surface area contributed by atoms with Gasteiger partial charge in [0.25, 0.3) is 0 Å². The lowest BCUT2D eigenvalue weighted by Gasteiger charge is -2.32. The fourth-order valence-corrected chi connectivity index (χ4v) is 3.12. The van der Waals surface area contributed by atoms with E-state index < -0.39 is 0 Å². The summed E-state index contributed by atoms with van der Waals surface area (Å²) in [6.07, 6.45) is 7.09. The Morgan fingerprint density at radius 3 is 2.46 bits per heavy atom. The maximum atomic E-state index is 4.69. The number of hydrogen-bond donors (Lipinski definition) is 2. The summed E-state index contributed by atoms with van der Waals surface area (Å²) in [5.41, 5.74) is 0. The van der Waals surface area contributed by atoms with Gasteiger partial charge in [-0.05, 0) is 58.2 Å². The molecule has 0 aromatic heterocycles. The van der Waals surface area contributed by atoms with Crippen molar-refractivity contribution in [2.45, 2.75) is 32.6 Å². The second-order valence-corrected chi connectivity index (χ2v) is 7.22. The van der Waals surface area contributed by atoms with E-state index in [1.807, 2.05) is 11.8 Å². The van der Waals surface area contributed by atoms with Crippen LogP contribution in [0.3, 0.4) is 0 Å². The monoisotopic (exact) mass is 471 g/mol. The highest BCUT2D eigenvalue weighted by Gasteiger charge is 2.12. The van der Waals surface area contributed by atoms with Crippen LogP contribution in [-0.2, 0) is 0 Å². The zero-order valence-electron chi connectivity index (χ0n) is 15.9. The molecular weight excluding hydrogens is 433 g/mol. The predicted molar refractivity (Wildman–Crippen MR) is 120 cm³/mol. The zero-order chi connectivity index (χ0) is 16.8. The number of unbranched alkanes of at least 4 members (excludes halogenated alkanes) is 2. The van der Waals surface area contributed by atoms with E-state index in [0.717, 1.165) is 25.6 Å². The summed E-state index contributed by atoms with van der Waals surface area (Å²) in [5, 5.41) is 6.77. The molecule has 24 heavy (non-hydrogen) atoms. The molecule has 2 N–H and O–H groups in total. The summed E-state index contributed by atoms with van der Waals surface area (Å²) in [6, 6.07) is 0. The number of guanidine groups is 1. The van der Waals surface area contributed by atoms with Crippen LogP contribution in [0.15, 0.2) is 4.99 Å². The second-order valence-electron chi connectivity index (χ2n) is 6.24. The Labute approximate surface area is 170 Å². The Hall–Kier alpha value is 0.270. The number of rotatable bonds is 11. The van der Waals surface area contributed by atoms with E-state index in [1.165, 1.54) is 64.2 Å². The van der Waals surface area contributed by atoms with Crippen LogP contribution in [0.2, 0.25) is 0 Å². The predicted octanol–water partition coefficient (Wildman–Crippen LogP) is 2.33. The summed E-state index contributed by atoms with van der Waals surface area (Å²) < 4.78 is 0. The molecule has 1 aliphatic heterocycles. The van der Waals surface area contributed by atoms with Crippen LogP contribution in [0.5, 0.6) is 0 Å². The van der Waals surface area contributed by atoms with Gasteiger partial charge in [0.1, 0.15) is 0 Å². The van der Waals surface area contributed by atoms with Gasteiger partial charge in [0.2, 0.25) is 0 Å². The minimum Gasteiger partial charge on any atom is -0.357 e. The van der Waals surface area contributed by atoms with Crippen molar-refractivity contribution in [2.24, 2.45) is 4.99 Å². The molecule has 0 aromatic carbocycles. The third kappa shape index (κ3) is 12.6. The van der Waals surface area contributed by atoms with Crippen molar-refractivity contribution in [3.05, 3.63) is 0 Å². The van der Waals surface area contributed by atoms with E-state index in [-0.39, 0.29) is 24.0 Å². The fourth-order valence-electron chi connectivity index (χ4n) is 2.63. The highest BCUT2D eigenvalue weighted by atomic mass is 127. The second kappa shape index (κ2) is 16.7. The smallest absolute Gasteiger partial charge is 0.191 e. The molecule has 1 fully saturated rings. The lowest BCUT2D eigenvalue weighted by molar-refractivity contribution is 0.152. The van der Waals surface area contributed by atoms with Crippen LogP contribution < -0.4 is 10.6 Å². The Kier molecular flexibility index (Phi) is 16.9. The molecule has 144 valence electrons. The van der Waals surface area contributed by atoms with Gasteiger partial charge in [0.15, 0.2) is 5.96 Å². The number of nitrogens with zero attached hydrogens (tertiary/aromatic N) is 3. The highest BCUT2D eigenvalue weighted by molar-refractivity contribution is 14.0. The third-order valence-electron chi connectivity index (χ3n) is 4.16. The Morgan fingerprint density at radius 2 is 1.79 bits per heavy atom. The van der Waals surface area contributed by atoms with E-state index in [4.69, 9.17) is 0 Å². The van der Waals surface area contributed by atoms with E-state index >= 15 is 0 Å². The van der Waals surface area contributed by atoms with Crippen molar-refractivity contribution in [3.63, 3.8) is 0 Å². The SMILES string of the molecule is CCNC(=NCCCCN1CCN(C)CC1)NCCCCSC.I. The molecule has 1 saturated heterocycles. The molecule has 0 bridgehead atoms. The normalized spacial score (nSPS) is 16.7. The number of aliphatic imine (C=N–C) groups is 1. The van der Waals surface area contributed by atoms with Crippen molar-refractivity contribution in [1.29, 1.82) is 0 Å². The number of thioether (sulfide) groups is 1. The van der Waals surface area contributed by atoms with Gasteiger partial charge in [-0.2, -0.15) is 11.8 Å². The van der Waals surface area contributed by atoms with Gasteiger partial charge in [-0.3, -0.25) is 4.99 Å². The standard InChI is InChI=1S/C17H37N5S.HI/c1-4-18-17(20-10-6-8-16-23-3)19-9-5-7-11-22-14-12-21(2)13-15-22;/h4-16H2,1-3H3,(H2,18,19,20);1H. The van der Waals surface area contributed by atoms with Gasteiger partial charge < -0.3 is 20.4 Å². The Bertz CT molecular complexity index is 309. The fraction of sp³-hybridized carbons (Fsp3) is 0.941. The van der Waals surface area contributed by atoms with Crippen LogP contribution in [0, 0.1) is 0 Å². The molecule has 0 aromatic rings. The van der Waals surface area contributed by atoms with Crippen LogP contribution >= 0.6 is 35.7 Å². The molecule has 0 atom stereocenters. The van der Waals surface area contributed by atoms with Gasteiger partial charge in [0, 0.05) is 45.8 Å². The van der Waals surface area contributed by atoms with Crippen molar-refractivity contribution >= 4 is 41.7 Å². The van der Waals surface area contributed by atoms with Gasteiger partial charge in [-0.1, -0.05) is 0 Å². The van der Waals surface area contributed by atoms with Crippen LogP contribution in [0.1, 0.15) is 32.6 Å². The molecule has 1 aliphatic rings. The molecule has 0 unspecified atom stereocenters. The van der Waals surface area contributed by atoms with Crippen molar-refractivity contribution in [1.82, 2.24) is 20.4 Å². The van der Waals surface area contributed by atoms with E-state index in [1.54, 1.807) is 0 Å². The summed E-state index contributed by atoms with van der Waals surface area (Å²) in [4.78, 5) is 9.68. The summed E-state index contributed by atoms with van der Waals surface area (Å²) in [7, 11) is 2.21. The average Bonchev–Trinajstić information content (AvgIpc) is 2.56. The van der Waals surface area contributed by atoms with Crippen LogP contribution in [0.25, 0.3) is 0 Å². The zero-order valence-corrected chi connectivity index (χ0v) is 19.0. The molecule has 0 spiro atoms. The average molecular weight is 471 g/mol.